The predicted octanol–water partition coefficient (Wildman–Crippen LogP) is 3.88. The summed E-state index contributed by atoms with van der Waals surface area (Å²) in [5.41, 5.74) is 0.721. The first-order valence-electron chi connectivity index (χ1n) is 6.74. The van der Waals surface area contributed by atoms with E-state index in [0.717, 1.165) is 14.7 Å². The monoisotopic (exact) mass is 428 g/mol. The number of nitrogens with one attached hydrogen (secondary N) is 1. The molecule has 1 aromatic heterocycles. The van der Waals surface area contributed by atoms with E-state index in [-0.39, 0.29) is 15.8 Å². The highest BCUT2D eigenvalue weighted by Gasteiger charge is 2.22. The van der Waals surface area contributed by atoms with Crippen molar-refractivity contribution in [1.29, 1.82) is 0 Å². The number of methoxy groups -OCH3 is 2. The van der Waals surface area contributed by atoms with Crippen molar-refractivity contribution >= 4 is 52.6 Å². The number of benzene rings is 2. The number of thiazole rings is 1. The van der Waals surface area contributed by atoms with Crippen LogP contribution in [0.1, 0.15) is 0 Å². The molecule has 126 valence electrons. The first-order valence-corrected chi connectivity index (χ1v) is 9.83. The van der Waals surface area contributed by atoms with Crippen LogP contribution in [0, 0.1) is 0 Å². The maximum Gasteiger partial charge on any atom is 0.267 e. The lowest BCUT2D eigenvalue weighted by atomic mass is 10.3. The van der Waals surface area contributed by atoms with Crippen molar-refractivity contribution in [3.8, 4) is 11.5 Å². The maximum atomic E-state index is 12.7. The van der Waals surface area contributed by atoms with Gasteiger partial charge in [0.05, 0.1) is 24.4 Å². The third-order valence-electron chi connectivity index (χ3n) is 3.23. The number of fused-ring (bicyclic) bond motifs is 1. The average molecular weight is 429 g/mol. The molecule has 24 heavy (non-hydrogen) atoms. The molecular formula is C15H13BrN2O4S2. The van der Waals surface area contributed by atoms with E-state index < -0.39 is 10.0 Å². The fourth-order valence-electron chi connectivity index (χ4n) is 2.11. The zero-order valence-corrected chi connectivity index (χ0v) is 16.0. The molecule has 1 heterocycles. The van der Waals surface area contributed by atoms with E-state index >= 15 is 0 Å². The lowest BCUT2D eigenvalue weighted by Gasteiger charge is -2.11. The molecule has 0 aliphatic carbocycles. The van der Waals surface area contributed by atoms with Gasteiger partial charge in [0.1, 0.15) is 16.4 Å². The van der Waals surface area contributed by atoms with Crippen LogP contribution >= 0.6 is 27.3 Å². The van der Waals surface area contributed by atoms with E-state index in [1.807, 2.05) is 18.2 Å². The molecular weight excluding hydrogens is 416 g/mol. The Morgan fingerprint density at radius 2 is 1.92 bits per heavy atom. The number of ether oxygens (including phenoxy) is 2. The maximum absolute atomic E-state index is 12.7. The standard InChI is InChI=1S/C15H13BrN2O4S2/c1-21-10-4-6-12(22-2)14(8-10)24(19,20)18-15-17-11-5-3-9(16)7-13(11)23-15/h3-8H,1-2H3,(H,17,18). The summed E-state index contributed by atoms with van der Waals surface area (Å²) >= 11 is 4.64. The molecule has 3 rings (SSSR count). The minimum absolute atomic E-state index is 0.00946. The molecule has 0 spiro atoms. The lowest BCUT2D eigenvalue weighted by Crippen LogP contribution is -2.14. The quantitative estimate of drug-likeness (QED) is 0.666. The number of anilines is 1. The second-order valence-corrected chi connectivity index (χ2v) is 8.35. The zero-order valence-electron chi connectivity index (χ0n) is 12.7. The van der Waals surface area contributed by atoms with Gasteiger partial charge in [-0.3, -0.25) is 4.72 Å². The van der Waals surface area contributed by atoms with Crippen molar-refractivity contribution in [2.75, 3.05) is 18.9 Å². The fourth-order valence-corrected chi connectivity index (χ4v) is 4.94. The van der Waals surface area contributed by atoms with Gasteiger partial charge in [-0.25, -0.2) is 13.4 Å². The summed E-state index contributed by atoms with van der Waals surface area (Å²) in [7, 11) is -0.983. The highest BCUT2D eigenvalue weighted by atomic mass is 79.9. The van der Waals surface area contributed by atoms with Crippen LogP contribution in [0.5, 0.6) is 11.5 Å². The van der Waals surface area contributed by atoms with Crippen LogP contribution in [0.25, 0.3) is 10.2 Å². The Hall–Kier alpha value is -1.84. The summed E-state index contributed by atoms with van der Waals surface area (Å²) in [6.07, 6.45) is 0. The molecule has 0 amide bonds. The Morgan fingerprint density at radius 1 is 1.12 bits per heavy atom. The number of aromatic nitrogens is 1. The van der Waals surface area contributed by atoms with E-state index in [1.54, 1.807) is 12.1 Å². The number of hydrogen-bond acceptors (Lipinski definition) is 6. The summed E-state index contributed by atoms with van der Waals surface area (Å²) in [6.45, 7) is 0. The summed E-state index contributed by atoms with van der Waals surface area (Å²) in [4.78, 5) is 4.29. The van der Waals surface area contributed by atoms with Crippen molar-refractivity contribution in [2.24, 2.45) is 0 Å². The van der Waals surface area contributed by atoms with Gasteiger partial charge < -0.3 is 9.47 Å². The largest absolute Gasteiger partial charge is 0.497 e. The Labute approximate surface area is 151 Å². The minimum atomic E-state index is -3.87. The van der Waals surface area contributed by atoms with Crippen LogP contribution < -0.4 is 14.2 Å². The second kappa shape index (κ2) is 6.58. The fraction of sp³-hybridized carbons (Fsp3) is 0.133. The Balaban J connectivity index is 2.01. The third kappa shape index (κ3) is 3.33. The van der Waals surface area contributed by atoms with Gasteiger partial charge in [0.2, 0.25) is 0 Å². The first-order chi connectivity index (χ1) is 11.4. The van der Waals surface area contributed by atoms with E-state index in [9.17, 15) is 8.42 Å². The molecule has 0 bridgehead atoms. The first kappa shape index (κ1) is 17.0. The highest BCUT2D eigenvalue weighted by Crippen LogP contribution is 2.33. The molecule has 6 nitrogen and oxygen atoms in total. The second-order valence-electron chi connectivity index (χ2n) is 4.75. The van der Waals surface area contributed by atoms with Gasteiger partial charge in [0, 0.05) is 10.5 Å². The predicted molar refractivity (Wildman–Crippen MR) is 97.7 cm³/mol. The van der Waals surface area contributed by atoms with Crippen LogP contribution in [-0.4, -0.2) is 27.6 Å². The number of rotatable bonds is 5. The molecule has 0 aliphatic heterocycles. The van der Waals surface area contributed by atoms with E-state index in [2.05, 4.69) is 25.6 Å². The van der Waals surface area contributed by atoms with Crippen LogP contribution in [0.3, 0.4) is 0 Å². The number of hydrogen-bond donors (Lipinski definition) is 1. The molecule has 0 atom stereocenters. The van der Waals surface area contributed by atoms with E-state index in [1.165, 1.54) is 31.6 Å². The molecule has 0 saturated carbocycles. The Morgan fingerprint density at radius 3 is 2.62 bits per heavy atom. The minimum Gasteiger partial charge on any atom is -0.497 e. The van der Waals surface area contributed by atoms with Crippen molar-refractivity contribution in [2.45, 2.75) is 4.90 Å². The van der Waals surface area contributed by atoms with Crippen molar-refractivity contribution in [3.05, 3.63) is 40.9 Å². The zero-order chi connectivity index (χ0) is 17.3. The summed E-state index contributed by atoms with van der Waals surface area (Å²) in [5, 5.41) is 0.285. The molecule has 9 heteroatoms. The number of sulfonamides is 1. The molecule has 3 aromatic rings. The Bertz CT molecular complexity index is 1000. The average Bonchev–Trinajstić information content (AvgIpc) is 2.94. The van der Waals surface area contributed by atoms with Crippen LogP contribution in [-0.2, 0) is 10.0 Å². The molecule has 1 N–H and O–H groups in total. The van der Waals surface area contributed by atoms with Gasteiger partial charge >= 0.3 is 0 Å². The van der Waals surface area contributed by atoms with Crippen molar-refractivity contribution < 1.29 is 17.9 Å². The molecule has 0 aliphatic rings. The van der Waals surface area contributed by atoms with Crippen molar-refractivity contribution in [3.63, 3.8) is 0 Å². The molecule has 0 unspecified atom stereocenters. The topological polar surface area (TPSA) is 77.5 Å². The summed E-state index contributed by atoms with van der Waals surface area (Å²) < 4.78 is 39.9. The molecule has 0 saturated heterocycles. The number of halogens is 1. The highest BCUT2D eigenvalue weighted by molar-refractivity contribution is 9.10. The molecule has 0 fully saturated rings. The number of nitrogens with zero attached hydrogens (tertiary/aromatic N) is 1. The van der Waals surface area contributed by atoms with E-state index in [0.29, 0.717) is 5.75 Å². The van der Waals surface area contributed by atoms with Gasteiger partial charge in [-0.05, 0) is 30.3 Å². The smallest absolute Gasteiger partial charge is 0.267 e. The molecule has 0 radical (unpaired) electrons. The van der Waals surface area contributed by atoms with Gasteiger partial charge in [0.15, 0.2) is 5.13 Å². The van der Waals surface area contributed by atoms with E-state index in [4.69, 9.17) is 9.47 Å². The SMILES string of the molecule is COc1ccc(OC)c(S(=O)(=O)Nc2nc3ccc(Br)cc3s2)c1. The van der Waals surface area contributed by atoms with Gasteiger partial charge in [-0.2, -0.15) is 0 Å². The summed E-state index contributed by atoms with van der Waals surface area (Å²) in [5.74, 6) is 0.650. The van der Waals surface area contributed by atoms with Crippen LogP contribution in [0.15, 0.2) is 45.8 Å². The molecule has 2 aromatic carbocycles. The van der Waals surface area contributed by atoms with Crippen molar-refractivity contribution in [1.82, 2.24) is 4.98 Å². The Kier molecular flexibility index (Phi) is 4.66. The van der Waals surface area contributed by atoms with Crippen LogP contribution in [0.2, 0.25) is 0 Å². The lowest BCUT2D eigenvalue weighted by molar-refractivity contribution is 0.392. The van der Waals surface area contributed by atoms with Gasteiger partial charge in [0.25, 0.3) is 10.0 Å². The van der Waals surface area contributed by atoms with Gasteiger partial charge in [-0.15, -0.1) is 0 Å². The third-order valence-corrected chi connectivity index (χ3v) is 6.15. The normalized spacial score (nSPS) is 11.5. The van der Waals surface area contributed by atoms with Crippen LogP contribution in [0.4, 0.5) is 5.13 Å². The van der Waals surface area contributed by atoms with Gasteiger partial charge in [-0.1, -0.05) is 27.3 Å². The summed E-state index contributed by atoms with van der Waals surface area (Å²) in [6, 6.07) is 10.1.